The summed E-state index contributed by atoms with van der Waals surface area (Å²) in [4.78, 5) is 30.9. The molecule has 4 aromatic rings. The average molecular weight is 765 g/mol. The predicted octanol–water partition coefficient (Wildman–Crippen LogP) is 6.09. The molecule has 0 spiro atoms. The third-order valence-corrected chi connectivity index (χ3v) is 9.40. The molecule has 0 bridgehead atoms. The van der Waals surface area contributed by atoms with Crippen LogP contribution in [0.4, 0.5) is 17.8 Å². The maximum absolute atomic E-state index is 13.2. The summed E-state index contributed by atoms with van der Waals surface area (Å²) in [5, 5.41) is 30.9. The number of nitrogens with zero attached hydrogens (tertiary/aromatic N) is 7. The number of benzene rings is 2. The van der Waals surface area contributed by atoms with Crippen LogP contribution in [-0.2, 0) is 16.6 Å². The van der Waals surface area contributed by atoms with E-state index in [2.05, 4.69) is 49.9 Å². The lowest BCUT2D eigenvalue weighted by atomic mass is 9.84. The molecular formula is C39H61ClN12O2. The van der Waals surface area contributed by atoms with Crippen molar-refractivity contribution in [2.75, 3.05) is 54.8 Å². The van der Waals surface area contributed by atoms with Gasteiger partial charge in [0.25, 0.3) is 0 Å². The number of hydrogen-bond donors (Lipinski definition) is 6. The zero-order valence-electron chi connectivity index (χ0n) is 32.8. The molecule has 0 saturated heterocycles. The number of nitrogens with one attached hydrogen (secondary N) is 3. The highest BCUT2D eigenvalue weighted by atomic mass is 35.5. The Morgan fingerprint density at radius 1 is 0.852 bits per heavy atom. The number of amides is 1. The third-order valence-electron chi connectivity index (χ3n) is 9.16. The molecule has 0 radical (unpaired) electrons. The van der Waals surface area contributed by atoms with Crippen LogP contribution in [0.2, 0.25) is 5.02 Å². The minimum absolute atomic E-state index is 0.0761. The molecule has 0 aliphatic carbocycles. The number of unbranched alkanes of at least 4 members (excludes halogenated alkanes) is 6. The fraction of sp³-hybridized carbons (Fsp3) is 0.590. The molecule has 2 heterocycles. The maximum Gasteiger partial charge on any atom is 0.232 e. The second-order valence-electron chi connectivity index (χ2n) is 15.1. The molecule has 8 N–H and O–H groups in total. The van der Waals surface area contributed by atoms with Crippen LogP contribution in [0, 0.1) is 0 Å². The van der Waals surface area contributed by atoms with Gasteiger partial charge < -0.3 is 37.4 Å². The van der Waals surface area contributed by atoms with E-state index >= 15 is 0 Å². The number of fused-ring (bicyclic) bond motifs is 1. The normalized spacial score (nSPS) is 11.7. The summed E-state index contributed by atoms with van der Waals surface area (Å²) >= 11 is 6.18. The number of aryl methyl sites for hydroxylation is 1. The molecule has 1 amide bonds. The van der Waals surface area contributed by atoms with Crippen molar-refractivity contribution < 1.29 is 9.90 Å². The highest BCUT2D eigenvalue weighted by Crippen LogP contribution is 2.36. The highest BCUT2D eigenvalue weighted by Gasteiger charge is 2.24. The van der Waals surface area contributed by atoms with Crippen LogP contribution in [0.5, 0.6) is 5.75 Å². The fourth-order valence-corrected chi connectivity index (χ4v) is 6.26. The van der Waals surface area contributed by atoms with Crippen LogP contribution >= 0.6 is 11.6 Å². The van der Waals surface area contributed by atoms with E-state index in [0.29, 0.717) is 72.2 Å². The van der Waals surface area contributed by atoms with E-state index in [-0.39, 0.29) is 29.5 Å². The lowest BCUT2D eigenvalue weighted by molar-refractivity contribution is -0.121. The topological polar surface area (TPSA) is 198 Å². The molecule has 2 aromatic heterocycles. The van der Waals surface area contributed by atoms with E-state index in [1.165, 1.54) is 4.80 Å². The maximum atomic E-state index is 13.2. The molecule has 0 aliphatic heterocycles. The number of carbonyl (C=O) groups excluding carboxylic acids is 1. The molecule has 0 unspecified atom stereocenters. The minimum atomic E-state index is -0.359. The fourth-order valence-electron chi connectivity index (χ4n) is 6.09. The average Bonchev–Trinajstić information content (AvgIpc) is 3.55. The first-order valence-corrected chi connectivity index (χ1v) is 19.8. The first-order chi connectivity index (χ1) is 25.9. The van der Waals surface area contributed by atoms with Gasteiger partial charge in [-0.25, -0.2) is 0 Å². The van der Waals surface area contributed by atoms with Gasteiger partial charge >= 0.3 is 0 Å². The van der Waals surface area contributed by atoms with Crippen molar-refractivity contribution in [2.24, 2.45) is 11.5 Å². The number of aromatic hydroxyl groups is 1. The Labute approximate surface area is 325 Å². The van der Waals surface area contributed by atoms with Crippen LogP contribution in [-0.4, -0.2) is 86.3 Å². The van der Waals surface area contributed by atoms with Crippen molar-refractivity contribution in [3.63, 3.8) is 0 Å². The van der Waals surface area contributed by atoms with Crippen LogP contribution < -0.4 is 32.3 Å². The molecule has 54 heavy (non-hydrogen) atoms. The summed E-state index contributed by atoms with van der Waals surface area (Å²) in [6.45, 7) is 14.2. The predicted molar refractivity (Wildman–Crippen MR) is 220 cm³/mol. The second-order valence-corrected chi connectivity index (χ2v) is 15.5. The number of nitrogens with two attached hydrogens (primary N) is 2. The lowest BCUT2D eigenvalue weighted by Gasteiger charge is -2.27. The first-order valence-electron chi connectivity index (χ1n) is 19.5. The number of phenolic OH excluding ortho intramolecular Hbond substituents is 1. The van der Waals surface area contributed by atoms with Gasteiger partial charge in [-0.15, -0.1) is 15.0 Å². The molecule has 2 aromatic carbocycles. The molecule has 0 saturated carbocycles. The molecule has 4 rings (SSSR count). The molecular weight excluding hydrogens is 704 g/mol. The number of hydrogen-bond acceptors (Lipinski definition) is 12. The van der Waals surface area contributed by atoms with E-state index in [9.17, 15) is 9.90 Å². The van der Waals surface area contributed by atoms with Crippen LogP contribution in [0.3, 0.4) is 0 Å². The summed E-state index contributed by atoms with van der Waals surface area (Å²) < 4.78 is 0. The van der Waals surface area contributed by atoms with Gasteiger partial charge in [-0.05, 0) is 94.3 Å². The summed E-state index contributed by atoms with van der Waals surface area (Å²) in [6, 6.07) is 9.18. The molecule has 296 valence electrons. The van der Waals surface area contributed by atoms with E-state index in [4.69, 9.17) is 33.0 Å². The minimum Gasteiger partial charge on any atom is -0.505 e. The Kier molecular flexibility index (Phi) is 16.5. The molecule has 15 heteroatoms. The van der Waals surface area contributed by atoms with E-state index < -0.39 is 0 Å². The van der Waals surface area contributed by atoms with Gasteiger partial charge in [-0.2, -0.15) is 15.0 Å². The lowest BCUT2D eigenvalue weighted by Crippen LogP contribution is -2.40. The third kappa shape index (κ3) is 12.9. The Balaban J connectivity index is 1.41. The van der Waals surface area contributed by atoms with E-state index in [0.717, 1.165) is 75.6 Å². The highest BCUT2D eigenvalue weighted by molar-refractivity contribution is 6.31. The van der Waals surface area contributed by atoms with Crippen LogP contribution in [0.25, 0.3) is 16.7 Å². The Bertz CT molecular complexity index is 1740. The van der Waals surface area contributed by atoms with Crippen molar-refractivity contribution >= 4 is 46.4 Å². The van der Waals surface area contributed by atoms with Gasteiger partial charge in [0.2, 0.25) is 23.8 Å². The Morgan fingerprint density at radius 3 is 2.06 bits per heavy atom. The number of phenols is 1. The van der Waals surface area contributed by atoms with Gasteiger partial charge in [0.15, 0.2) is 0 Å². The van der Waals surface area contributed by atoms with Gasteiger partial charge in [0, 0.05) is 49.2 Å². The van der Waals surface area contributed by atoms with Crippen molar-refractivity contribution in [2.45, 2.75) is 110 Å². The van der Waals surface area contributed by atoms with Gasteiger partial charge in [-0.1, -0.05) is 64.1 Å². The van der Waals surface area contributed by atoms with Crippen LogP contribution in [0.1, 0.15) is 104 Å². The van der Waals surface area contributed by atoms with Gasteiger partial charge in [0.05, 0.1) is 0 Å². The number of anilines is 3. The quantitative estimate of drug-likeness (QED) is 0.0476. The van der Waals surface area contributed by atoms with Crippen LogP contribution in [0.15, 0.2) is 30.3 Å². The van der Waals surface area contributed by atoms with Gasteiger partial charge in [-0.3, -0.25) is 4.79 Å². The number of aromatic nitrogens is 6. The summed E-state index contributed by atoms with van der Waals surface area (Å²) in [7, 11) is 0. The Morgan fingerprint density at radius 2 is 1.46 bits per heavy atom. The first kappa shape index (κ1) is 42.5. The molecule has 0 fully saturated rings. The second kappa shape index (κ2) is 21.0. The van der Waals surface area contributed by atoms with Gasteiger partial charge in [0.1, 0.15) is 22.5 Å². The number of halogens is 1. The molecule has 14 nitrogen and oxygen atoms in total. The number of rotatable bonds is 23. The van der Waals surface area contributed by atoms with E-state index in [1.807, 2.05) is 32.9 Å². The summed E-state index contributed by atoms with van der Waals surface area (Å²) in [6.07, 6.45) is 9.20. The van der Waals surface area contributed by atoms with E-state index in [1.54, 1.807) is 18.2 Å². The molecule has 0 atom stereocenters. The Hall–Kier alpha value is -4.27. The zero-order valence-corrected chi connectivity index (χ0v) is 33.6. The van der Waals surface area contributed by atoms with Crippen molar-refractivity contribution in [3.05, 3.63) is 46.5 Å². The SMILES string of the molecule is CC(C)N(CCNC(=O)CCc1cc(-n2nc3ccc(Cl)cc3n2)c(O)c(C(C)(C)C)c1)c1nc(NCCCCCCN)nc(NCCCCCCN)n1. The smallest absolute Gasteiger partial charge is 0.232 e. The summed E-state index contributed by atoms with van der Waals surface area (Å²) in [5.74, 6) is 1.65. The molecule has 0 aliphatic rings. The largest absolute Gasteiger partial charge is 0.505 e. The zero-order chi connectivity index (χ0) is 39.1. The van der Waals surface area contributed by atoms with Crippen molar-refractivity contribution in [1.82, 2.24) is 35.3 Å². The van der Waals surface area contributed by atoms with Crippen molar-refractivity contribution in [3.8, 4) is 11.4 Å². The summed E-state index contributed by atoms with van der Waals surface area (Å²) in [5.41, 5.74) is 14.3. The van der Waals surface area contributed by atoms with Crippen molar-refractivity contribution in [1.29, 1.82) is 0 Å². The standard InChI is InChI=1S/C39H61ClN12O2/c1-27(2)51(38-47-36(44-20-12-8-6-10-18-41)46-37(48-38)45-21-13-9-7-11-19-42)23-22-43-34(53)17-14-28-24-30(39(3,4)5)35(54)33(25-28)52-49-31-16-15-29(40)26-32(31)50-52/h15-16,24-27,54H,6-14,17-23,41-42H2,1-5H3,(H,43,53)(H2,44,45,46,47,48). The monoisotopic (exact) mass is 764 g/mol. The number of carbonyl (C=O) groups is 1.